The van der Waals surface area contributed by atoms with E-state index >= 15 is 0 Å². The first-order valence-electron chi connectivity index (χ1n) is 5.52. The van der Waals surface area contributed by atoms with Gasteiger partial charge in [0, 0.05) is 0 Å². The van der Waals surface area contributed by atoms with Crippen LogP contribution in [0.2, 0.25) is 0 Å². The van der Waals surface area contributed by atoms with E-state index in [4.69, 9.17) is 15.7 Å². The van der Waals surface area contributed by atoms with Crippen molar-refractivity contribution in [3.05, 3.63) is 41.7 Å². The molecule has 2 rings (SSSR count). The summed E-state index contributed by atoms with van der Waals surface area (Å²) in [6.07, 6.45) is 2.06. The molecule has 0 aliphatic rings. The van der Waals surface area contributed by atoms with Crippen molar-refractivity contribution in [2.24, 2.45) is 0 Å². The lowest BCUT2D eigenvalue weighted by Crippen LogP contribution is -2.01. The maximum atomic E-state index is 8.71. The van der Waals surface area contributed by atoms with E-state index in [0.717, 1.165) is 5.56 Å². The van der Waals surface area contributed by atoms with Gasteiger partial charge in [-0.1, -0.05) is 6.92 Å². The Labute approximate surface area is 105 Å². The summed E-state index contributed by atoms with van der Waals surface area (Å²) in [5.74, 6) is 1.49. The third kappa shape index (κ3) is 2.38. The van der Waals surface area contributed by atoms with Crippen LogP contribution < -0.4 is 10.5 Å². The Morgan fingerprint density at radius 2 is 2.00 bits per heavy atom. The van der Waals surface area contributed by atoms with Crippen molar-refractivity contribution < 1.29 is 4.74 Å². The molecule has 1 aromatic heterocycles. The normalized spacial score (nSPS) is 9.78. The fraction of sp³-hybridized carbons (Fsp3) is 0.154. The quantitative estimate of drug-likeness (QED) is 0.889. The lowest BCUT2D eigenvalue weighted by molar-refractivity contribution is 0.455. The van der Waals surface area contributed by atoms with Gasteiger partial charge in [0.15, 0.2) is 0 Å². The SMILES string of the molecule is CCc1c(N)ncnc1Oc1ccc(C#N)cc1. The summed E-state index contributed by atoms with van der Waals surface area (Å²) >= 11 is 0. The summed E-state index contributed by atoms with van der Waals surface area (Å²) in [4.78, 5) is 7.99. The zero-order valence-corrected chi connectivity index (χ0v) is 9.92. The predicted molar refractivity (Wildman–Crippen MR) is 67.1 cm³/mol. The molecule has 5 heteroatoms. The third-order valence-electron chi connectivity index (χ3n) is 2.49. The Hall–Kier alpha value is -2.61. The Kier molecular flexibility index (Phi) is 3.39. The van der Waals surface area contributed by atoms with Crippen LogP contribution in [0.15, 0.2) is 30.6 Å². The van der Waals surface area contributed by atoms with E-state index in [2.05, 4.69) is 9.97 Å². The number of nitrogen functional groups attached to an aromatic ring is 1. The monoisotopic (exact) mass is 240 g/mol. The van der Waals surface area contributed by atoms with Gasteiger partial charge in [-0.3, -0.25) is 0 Å². The van der Waals surface area contributed by atoms with Crippen molar-refractivity contribution in [2.75, 3.05) is 5.73 Å². The highest BCUT2D eigenvalue weighted by atomic mass is 16.5. The first-order chi connectivity index (χ1) is 8.74. The number of hydrogen-bond acceptors (Lipinski definition) is 5. The number of nitrogens with zero attached hydrogens (tertiary/aromatic N) is 3. The van der Waals surface area contributed by atoms with Crippen LogP contribution in [-0.2, 0) is 6.42 Å². The zero-order valence-electron chi connectivity index (χ0n) is 9.92. The minimum absolute atomic E-state index is 0.427. The minimum atomic E-state index is 0.427. The number of nitriles is 1. The van der Waals surface area contributed by atoms with E-state index in [-0.39, 0.29) is 0 Å². The molecule has 0 aliphatic heterocycles. The van der Waals surface area contributed by atoms with E-state index < -0.39 is 0 Å². The minimum Gasteiger partial charge on any atom is -0.439 e. The van der Waals surface area contributed by atoms with Gasteiger partial charge in [-0.05, 0) is 30.7 Å². The molecule has 90 valence electrons. The number of hydrogen-bond donors (Lipinski definition) is 1. The summed E-state index contributed by atoms with van der Waals surface area (Å²) in [7, 11) is 0. The number of ether oxygens (including phenoxy) is 1. The van der Waals surface area contributed by atoms with Gasteiger partial charge in [-0.15, -0.1) is 0 Å². The maximum Gasteiger partial charge on any atom is 0.227 e. The van der Waals surface area contributed by atoms with Crippen molar-refractivity contribution in [3.8, 4) is 17.7 Å². The van der Waals surface area contributed by atoms with Crippen molar-refractivity contribution in [1.82, 2.24) is 9.97 Å². The van der Waals surface area contributed by atoms with E-state index in [1.54, 1.807) is 24.3 Å². The molecule has 0 radical (unpaired) electrons. The molecule has 0 amide bonds. The van der Waals surface area contributed by atoms with Gasteiger partial charge in [0.2, 0.25) is 5.88 Å². The maximum absolute atomic E-state index is 8.71. The fourth-order valence-electron chi connectivity index (χ4n) is 1.54. The molecule has 0 aliphatic carbocycles. The zero-order chi connectivity index (χ0) is 13.0. The standard InChI is InChI=1S/C13H12N4O/c1-2-11-12(15)16-8-17-13(11)18-10-5-3-9(7-14)4-6-10/h3-6,8H,2H2,1H3,(H2,15,16,17). The number of nitrogens with two attached hydrogens (primary N) is 1. The van der Waals surface area contributed by atoms with Crippen LogP contribution in [-0.4, -0.2) is 9.97 Å². The topological polar surface area (TPSA) is 84.8 Å². The highest BCUT2D eigenvalue weighted by Crippen LogP contribution is 2.25. The molecule has 2 aromatic rings. The summed E-state index contributed by atoms with van der Waals surface area (Å²) in [5.41, 5.74) is 7.12. The average molecular weight is 240 g/mol. The van der Waals surface area contributed by atoms with Gasteiger partial charge in [0.1, 0.15) is 17.9 Å². The van der Waals surface area contributed by atoms with Gasteiger partial charge in [0.25, 0.3) is 0 Å². The molecule has 0 saturated heterocycles. The smallest absolute Gasteiger partial charge is 0.227 e. The Bertz CT molecular complexity index is 587. The van der Waals surface area contributed by atoms with Gasteiger partial charge < -0.3 is 10.5 Å². The Balaban J connectivity index is 2.28. The van der Waals surface area contributed by atoms with Gasteiger partial charge in [-0.2, -0.15) is 5.26 Å². The molecule has 0 atom stereocenters. The van der Waals surface area contributed by atoms with Crippen molar-refractivity contribution in [1.29, 1.82) is 5.26 Å². The summed E-state index contributed by atoms with van der Waals surface area (Å²) in [6, 6.07) is 8.86. The van der Waals surface area contributed by atoms with Crippen molar-refractivity contribution >= 4 is 5.82 Å². The molecular formula is C13H12N4O. The first-order valence-corrected chi connectivity index (χ1v) is 5.52. The largest absolute Gasteiger partial charge is 0.439 e. The van der Waals surface area contributed by atoms with Crippen LogP contribution in [0.3, 0.4) is 0 Å². The Morgan fingerprint density at radius 1 is 1.28 bits per heavy atom. The number of aromatic nitrogens is 2. The Morgan fingerprint density at radius 3 is 2.61 bits per heavy atom. The fourth-order valence-corrected chi connectivity index (χ4v) is 1.54. The van der Waals surface area contributed by atoms with Crippen LogP contribution in [0.1, 0.15) is 18.1 Å². The number of rotatable bonds is 3. The van der Waals surface area contributed by atoms with E-state index in [1.807, 2.05) is 13.0 Å². The second kappa shape index (κ2) is 5.15. The van der Waals surface area contributed by atoms with Gasteiger partial charge >= 0.3 is 0 Å². The molecule has 5 nitrogen and oxygen atoms in total. The summed E-state index contributed by atoms with van der Waals surface area (Å²) < 4.78 is 5.64. The third-order valence-corrected chi connectivity index (χ3v) is 2.49. The molecule has 0 unspecified atom stereocenters. The molecule has 1 aromatic carbocycles. The van der Waals surface area contributed by atoms with Crippen molar-refractivity contribution in [2.45, 2.75) is 13.3 Å². The van der Waals surface area contributed by atoms with Crippen LogP contribution in [0.25, 0.3) is 0 Å². The van der Waals surface area contributed by atoms with E-state index in [9.17, 15) is 0 Å². The molecule has 0 spiro atoms. The van der Waals surface area contributed by atoms with E-state index in [1.165, 1.54) is 6.33 Å². The van der Waals surface area contributed by atoms with Crippen LogP contribution in [0, 0.1) is 11.3 Å². The van der Waals surface area contributed by atoms with E-state index in [0.29, 0.717) is 29.4 Å². The molecule has 18 heavy (non-hydrogen) atoms. The number of anilines is 1. The van der Waals surface area contributed by atoms with Gasteiger partial charge in [0.05, 0.1) is 17.2 Å². The summed E-state index contributed by atoms with van der Waals surface area (Å²) in [6.45, 7) is 1.96. The molecule has 0 bridgehead atoms. The van der Waals surface area contributed by atoms with Crippen molar-refractivity contribution in [3.63, 3.8) is 0 Å². The van der Waals surface area contributed by atoms with Crippen LogP contribution in [0.5, 0.6) is 11.6 Å². The lowest BCUT2D eigenvalue weighted by Gasteiger charge is -2.09. The second-order valence-electron chi connectivity index (χ2n) is 3.63. The van der Waals surface area contributed by atoms with Gasteiger partial charge in [-0.25, -0.2) is 9.97 Å². The highest BCUT2D eigenvalue weighted by molar-refractivity contribution is 5.46. The second-order valence-corrected chi connectivity index (χ2v) is 3.63. The lowest BCUT2D eigenvalue weighted by atomic mass is 10.2. The molecule has 0 saturated carbocycles. The highest BCUT2D eigenvalue weighted by Gasteiger charge is 2.09. The first kappa shape index (κ1) is 11.9. The summed E-state index contributed by atoms with van der Waals surface area (Å²) in [5, 5.41) is 8.71. The molecular weight excluding hydrogens is 228 g/mol. The number of benzene rings is 1. The molecule has 2 N–H and O–H groups in total. The molecule has 1 heterocycles. The average Bonchev–Trinajstić information content (AvgIpc) is 2.40. The van der Waals surface area contributed by atoms with Crippen LogP contribution >= 0.6 is 0 Å². The van der Waals surface area contributed by atoms with Crippen LogP contribution in [0.4, 0.5) is 5.82 Å². The molecule has 0 fully saturated rings. The predicted octanol–water partition coefficient (Wildman–Crippen LogP) is 2.29.